The van der Waals surface area contributed by atoms with E-state index in [0.29, 0.717) is 38.8 Å². The number of aliphatic carboxylic acids is 1. The third-order valence-electron chi connectivity index (χ3n) is 5.45. The normalized spacial score (nSPS) is 13.3. The summed E-state index contributed by atoms with van der Waals surface area (Å²) in [4.78, 5) is 27.7. The van der Waals surface area contributed by atoms with Gasteiger partial charge in [0, 0.05) is 18.1 Å². The van der Waals surface area contributed by atoms with E-state index in [9.17, 15) is 14.7 Å². The largest absolute Gasteiger partial charge is 0.480 e. The lowest BCUT2D eigenvalue weighted by atomic mass is 10.0. The Morgan fingerprint density at radius 2 is 1.71 bits per heavy atom. The topological polar surface area (TPSA) is 174 Å². The van der Waals surface area contributed by atoms with Crippen LogP contribution in [0.25, 0.3) is 11.0 Å². The number of benzene rings is 1. The molecule has 2 unspecified atom stereocenters. The number of carboxylic acid groups (broad SMARTS) is 2. The van der Waals surface area contributed by atoms with Crippen LogP contribution in [0.2, 0.25) is 0 Å². The van der Waals surface area contributed by atoms with Crippen LogP contribution < -0.4 is 17.2 Å². The highest BCUT2D eigenvalue weighted by Crippen LogP contribution is 2.26. The summed E-state index contributed by atoms with van der Waals surface area (Å²) in [6.07, 6.45) is 1.64. The summed E-state index contributed by atoms with van der Waals surface area (Å²) in [7, 11) is 0. The number of rotatable bonds is 10. The molecular formula is C24H42N6O4. The molecule has 8 N–H and O–H groups in total. The second-order valence-corrected chi connectivity index (χ2v) is 9.65. The summed E-state index contributed by atoms with van der Waals surface area (Å²) >= 11 is 0. The van der Waals surface area contributed by atoms with E-state index in [4.69, 9.17) is 27.3 Å². The molecule has 1 aromatic carbocycles. The molecule has 0 aliphatic carbocycles. The first-order valence-electron chi connectivity index (χ1n) is 11.7. The average Bonchev–Trinajstić information content (AvgIpc) is 3.14. The van der Waals surface area contributed by atoms with Crippen molar-refractivity contribution in [1.29, 1.82) is 0 Å². The lowest BCUT2D eigenvalue weighted by Gasteiger charge is -2.33. The van der Waals surface area contributed by atoms with Crippen molar-refractivity contribution in [2.75, 3.05) is 13.1 Å². The van der Waals surface area contributed by atoms with Crippen molar-refractivity contribution in [2.45, 2.75) is 84.0 Å². The number of nitrogens with two attached hydrogens (primary N) is 3. The SMILES string of the molecule is CC(C)n1c(C(N)CCCN(C(=O)O)C(C)(C)C)nc2ccccc21.NCCCC(N)C(=O)O. The molecule has 0 radical (unpaired) electrons. The number of fused-ring (bicyclic) bond motifs is 1. The summed E-state index contributed by atoms with van der Waals surface area (Å²) in [6, 6.07) is 7.34. The number of hydrogen-bond acceptors (Lipinski definition) is 6. The van der Waals surface area contributed by atoms with Gasteiger partial charge < -0.3 is 36.9 Å². The Labute approximate surface area is 202 Å². The standard InChI is InChI=1S/C19H30N4O2.C5H12N2O2/c1-13(2)23-16-11-7-6-10-15(16)21-17(23)14(20)9-8-12-22(18(24)25)19(3,4)5;6-3-1-2-4(7)5(8)9/h6-7,10-11,13-14H,8-9,12,20H2,1-5H3,(H,24,25);4H,1-3,6-7H2,(H,8,9). The predicted octanol–water partition coefficient (Wildman–Crippen LogP) is 3.31. The van der Waals surface area contributed by atoms with Gasteiger partial charge in [-0.15, -0.1) is 0 Å². The van der Waals surface area contributed by atoms with Gasteiger partial charge in [0.25, 0.3) is 0 Å². The van der Waals surface area contributed by atoms with Crippen molar-refractivity contribution in [3.8, 4) is 0 Å². The number of aromatic nitrogens is 2. The molecule has 0 saturated carbocycles. The Kier molecular flexibility index (Phi) is 11.4. The summed E-state index contributed by atoms with van der Waals surface area (Å²) in [6.45, 7) is 10.9. The number of hydrogen-bond donors (Lipinski definition) is 5. The van der Waals surface area contributed by atoms with Gasteiger partial charge >= 0.3 is 12.1 Å². The molecule has 1 aromatic heterocycles. The first kappa shape index (κ1) is 29.3. The van der Waals surface area contributed by atoms with E-state index in [2.05, 4.69) is 24.5 Å². The van der Waals surface area contributed by atoms with Gasteiger partial charge in [0.2, 0.25) is 0 Å². The highest BCUT2D eigenvalue weighted by atomic mass is 16.4. The fraction of sp³-hybridized carbons (Fsp3) is 0.625. The molecule has 10 nitrogen and oxygen atoms in total. The maximum Gasteiger partial charge on any atom is 0.407 e. The molecule has 2 rings (SSSR count). The zero-order chi connectivity index (χ0) is 26.1. The molecule has 34 heavy (non-hydrogen) atoms. The van der Waals surface area contributed by atoms with Gasteiger partial charge in [-0.3, -0.25) is 4.79 Å². The minimum atomic E-state index is -0.955. The minimum absolute atomic E-state index is 0.217. The molecule has 10 heteroatoms. The number of para-hydroxylation sites is 2. The molecule has 0 aliphatic rings. The van der Waals surface area contributed by atoms with Crippen LogP contribution >= 0.6 is 0 Å². The van der Waals surface area contributed by atoms with Crippen molar-refractivity contribution in [3.63, 3.8) is 0 Å². The van der Waals surface area contributed by atoms with E-state index in [1.54, 1.807) is 0 Å². The van der Waals surface area contributed by atoms with Gasteiger partial charge in [-0.2, -0.15) is 0 Å². The molecule has 0 spiro atoms. The van der Waals surface area contributed by atoms with E-state index in [0.717, 1.165) is 16.9 Å². The zero-order valence-corrected chi connectivity index (χ0v) is 21.1. The van der Waals surface area contributed by atoms with Gasteiger partial charge in [-0.1, -0.05) is 12.1 Å². The Bertz CT molecular complexity index is 922. The van der Waals surface area contributed by atoms with Crippen LogP contribution in [0.15, 0.2) is 24.3 Å². The lowest BCUT2D eigenvalue weighted by Crippen LogP contribution is -2.45. The number of imidazole rings is 1. The molecule has 0 aliphatic heterocycles. The van der Waals surface area contributed by atoms with Crippen molar-refractivity contribution >= 4 is 23.1 Å². The number of carbonyl (C=O) groups is 2. The highest BCUT2D eigenvalue weighted by Gasteiger charge is 2.26. The Morgan fingerprint density at radius 3 is 2.21 bits per heavy atom. The van der Waals surface area contributed by atoms with E-state index in [1.165, 1.54) is 4.90 Å². The molecule has 2 atom stereocenters. The van der Waals surface area contributed by atoms with E-state index >= 15 is 0 Å². The van der Waals surface area contributed by atoms with Crippen molar-refractivity contribution in [2.24, 2.45) is 17.2 Å². The summed E-state index contributed by atoms with van der Waals surface area (Å²) < 4.78 is 2.18. The van der Waals surface area contributed by atoms with E-state index in [-0.39, 0.29) is 12.1 Å². The minimum Gasteiger partial charge on any atom is -0.480 e. The van der Waals surface area contributed by atoms with Crippen LogP contribution in [-0.4, -0.2) is 61.4 Å². The number of nitrogens with zero attached hydrogens (tertiary/aromatic N) is 3. The van der Waals surface area contributed by atoms with Crippen LogP contribution in [0.5, 0.6) is 0 Å². The first-order valence-corrected chi connectivity index (χ1v) is 11.7. The summed E-state index contributed by atoms with van der Waals surface area (Å²) in [5.74, 6) is -0.0858. The van der Waals surface area contributed by atoms with Gasteiger partial charge in [0.05, 0.1) is 17.1 Å². The van der Waals surface area contributed by atoms with Crippen LogP contribution in [-0.2, 0) is 4.79 Å². The second kappa shape index (κ2) is 13.3. The van der Waals surface area contributed by atoms with Crippen LogP contribution in [0, 0.1) is 0 Å². The molecule has 192 valence electrons. The number of carboxylic acids is 1. The Morgan fingerprint density at radius 1 is 1.09 bits per heavy atom. The quantitative estimate of drug-likeness (QED) is 0.345. The Hall–Kier alpha value is -2.69. The van der Waals surface area contributed by atoms with Crippen LogP contribution in [0.3, 0.4) is 0 Å². The first-order chi connectivity index (χ1) is 15.8. The number of amides is 1. The third-order valence-corrected chi connectivity index (χ3v) is 5.45. The molecule has 0 fully saturated rings. The Balaban J connectivity index is 0.000000546. The third kappa shape index (κ3) is 8.58. The molecule has 2 aromatic rings. The molecule has 0 saturated heterocycles. The van der Waals surface area contributed by atoms with Crippen molar-refractivity contribution < 1.29 is 19.8 Å². The second-order valence-electron chi connectivity index (χ2n) is 9.65. The van der Waals surface area contributed by atoms with Gasteiger partial charge in [0.1, 0.15) is 11.9 Å². The summed E-state index contributed by atoms with van der Waals surface area (Å²) in [5, 5.41) is 17.6. The van der Waals surface area contributed by atoms with Gasteiger partial charge in [0.15, 0.2) is 0 Å². The molecule has 1 heterocycles. The fourth-order valence-electron chi connectivity index (χ4n) is 3.65. The maximum absolute atomic E-state index is 11.4. The monoisotopic (exact) mass is 478 g/mol. The van der Waals surface area contributed by atoms with Crippen molar-refractivity contribution in [3.05, 3.63) is 30.1 Å². The van der Waals surface area contributed by atoms with Crippen molar-refractivity contribution in [1.82, 2.24) is 14.5 Å². The summed E-state index contributed by atoms with van der Waals surface area (Å²) in [5.41, 5.74) is 18.3. The lowest BCUT2D eigenvalue weighted by molar-refractivity contribution is -0.138. The highest BCUT2D eigenvalue weighted by molar-refractivity contribution is 5.76. The van der Waals surface area contributed by atoms with Crippen LogP contribution in [0.4, 0.5) is 4.79 Å². The average molecular weight is 479 g/mol. The van der Waals surface area contributed by atoms with Gasteiger partial charge in [-0.05, 0) is 79.0 Å². The fourth-order valence-corrected chi connectivity index (χ4v) is 3.65. The van der Waals surface area contributed by atoms with Gasteiger partial charge in [-0.25, -0.2) is 9.78 Å². The molecule has 1 amide bonds. The molecular weight excluding hydrogens is 436 g/mol. The van der Waals surface area contributed by atoms with E-state index < -0.39 is 23.6 Å². The van der Waals surface area contributed by atoms with E-state index in [1.807, 2.05) is 39.0 Å². The van der Waals surface area contributed by atoms with Crippen LogP contribution in [0.1, 0.15) is 78.2 Å². The molecule has 0 bridgehead atoms. The maximum atomic E-state index is 11.4. The smallest absolute Gasteiger partial charge is 0.407 e. The predicted molar refractivity (Wildman–Crippen MR) is 135 cm³/mol. The zero-order valence-electron chi connectivity index (χ0n) is 21.1.